The van der Waals surface area contributed by atoms with Gasteiger partial charge in [0.15, 0.2) is 0 Å². The minimum Gasteiger partial charge on any atom is -0.488 e. The van der Waals surface area contributed by atoms with E-state index in [0.717, 1.165) is 29.8 Å². The molecule has 2 aromatic rings. The molecule has 1 saturated carbocycles. The van der Waals surface area contributed by atoms with Gasteiger partial charge in [-0.05, 0) is 42.7 Å². The molecule has 3 amide bonds. The number of hydrogen-bond donors (Lipinski definition) is 1. The van der Waals surface area contributed by atoms with Crippen molar-refractivity contribution in [3.8, 4) is 5.75 Å². The molecule has 1 aliphatic carbocycles. The van der Waals surface area contributed by atoms with Crippen molar-refractivity contribution >= 4 is 24.1 Å². The molecule has 2 fully saturated rings. The van der Waals surface area contributed by atoms with Crippen LogP contribution in [0, 0.1) is 0 Å². The van der Waals surface area contributed by atoms with Gasteiger partial charge in [0, 0.05) is 5.56 Å². The lowest BCUT2D eigenvalue weighted by molar-refractivity contribution is -0.132. The van der Waals surface area contributed by atoms with Crippen molar-refractivity contribution in [3.05, 3.63) is 65.2 Å². The molecule has 1 N–H and O–H groups in total. The summed E-state index contributed by atoms with van der Waals surface area (Å²) in [6.45, 7) is 0.276. The summed E-state index contributed by atoms with van der Waals surface area (Å²) < 4.78 is 10.6. The minimum atomic E-state index is -0.806. The van der Waals surface area contributed by atoms with Crippen LogP contribution in [0.1, 0.15) is 53.6 Å². The Morgan fingerprint density at radius 1 is 1.09 bits per heavy atom. The number of nitrogens with one attached hydrogen (secondary N) is 1. The molecule has 8 nitrogen and oxygen atoms in total. The van der Waals surface area contributed by atoms with Crippen LogP contribution in [-0.4, -0.2) is 41.8 Å². The van der Waals surface area contributed by atoms with Crippen molar-refractivity contribution in [2.45, 2.75) is 44.2 Å². The summed E-state index contributed by atoms with van der Waals surface area (Å²) in [6.07, 6.45) is 5.68. The van der Waals surface area contributed by atoms with Gasteiger partial charge in [-0.2, -0.15) is 5.10 Å². The zero-order valence-electron chi connectivity index (χ0n) is 17.9. The summed E-state index contributed by atoms with van der Waals surface area (Å²) in [4.78, 5) is 36.8. The number of amides is 3. The number of imide groups is 1. The van der Waals surface area contributed by atoms with Crippen LogP contribution in [-0.2, 0) is 16.1 Å². The monoisotopic (exact) mass is 435 g/mol. The molecule has 4 rings (SSSR count). The Hall–Kier alpha value is -3.68. The van der Waals surface area contributed by atoms with Crippen molar-refractivity contribution in [1.29, 1.82) is 0 Å². The Morgan fingerprint density at radius 3 is 2.53 bits per heavy atom. The molecule has 0 aromatic heterocycles. The summed E-state index contributed by atoms with van der Waals surface area (Å²) in [5.74, 6) is -0.121. The van der Waals surface area contributed by atoms with Crippen molar-refractivity contribution in [2.75, 3.05) is 7.11 Å². The lowest BCUT2D eigenvalue weighted by atomic mass is 9.82. The molecule has 2 aliphatic rings. The number of methoxy groups -OCH3 is 1. The van der Waals surface area contributed by atoms with Gasteiger partial charge >= 0.3 is 12.0 Å². The van der Waals surface area contributed by atoms with Crippen LogP contribution in [0.4, 0.5) is 4.79 Å². The third-order valence-electron chi connectivity index (χ3n) is 5.85. The molecule has 8 heteroatoms. The SMILES string of the molecule is COC(=O)c1ccc(COc2ccccc2/C=N\N2C(=O)NC3(CCCCC3)C2=O)cc1. The van der Waals surface area contributed by atoms with E-state index in [4.69, 9.17) is 9.47 Å². The first-order chi connectivity index (χ1) is 15.5. The predicted molar refractivity (Wildman–Crippen MR) is 117 cm³/mol. The minimum absolute atomic E-state index is 0.276. The second-order valence-electron chi connectivity index (χ2n) is 7.95. The average molecular weight is 435 g/mol. The summed E-state index contributed by atoms with van der Waals surface area (Å²) >= 11 is 0. The topological polar surface area (TPSA) is 97.3 Å². The molecule has 1 aliphatic heterocycles. The highest BCUT2D eigenvalue weighted by atomic mass is 16.5. The summed E-state index contributed by atoms with van der Waals surface area (Å²) in [5.41, 5.74) is 1.17. The molecule has 0 atom stereocenters. The molecule has 1 heterocycles. The fourth-order valence-corrected chi connectivity index (χ4v) is 4.06. The summed E-state index contributed by atoms with van der Waals surface area (Å²) in [5, 5.41) is 7.94. The number of urea groups is 1. The second-order valence-corrected chi connectivity index (χ2v) is 7.95. The largest absolute Gasteiger partial charge is 0.488 e. The average Bonchev–Trinajstić information content (AvgIpc) is 3.05. The Morgan fingerprint density at radius 2 is 1.81 bits per heavy atom. The second kappa shape index (κ2) is 9.21. The Kier molecular flexibility index (Phi) is 6.20. The van der Waals surface area contributed by atoms with Gasteiger partial charge in [-0.15, -0.1) is 5.01 Å². The fourth-order valence-electron chi connectivity index (χ4n) is 4.06. The number of benzene rings is 2. The summed E-state index contributed by atoms with van der Waals surface area (Å²) in [7, 11) is 1.34. The first-order valence-electron chi connectivity index (χ1n) is 10.6. The van der Waals surface area contributed by atoms with Gasteiger partial charge in [-0.1, -0.05) is 43.5 Å². The first kappa shape index (κ1) is 21.5. The van der Waals surface area contributed by atoms with Gasteiger partial charge in [-0.25, -0.2) is 9.59 Å². The van der Waals surface area contributed by atoms with E-state index < -0.39 is 17.5 Å². The van der Waals surface area contributed by atoms with Gasteiger partial charge in [0.25, 0.3) is 5.91 Å². The van der Waals surface area contributed by atoms with Gasteiger partial charge in [0.2, 0.25) is 0 Å². The highest BCUT2D eigenvalue weighted by Crippen LogP contribution is 2.33. The van der Waals surface area contributed by atoms with Gasteiger partial charge in [0.05, 0.1) is 18.9 Å². The molecule has 2 aromatic carbocycles. The van der Waals surface area contributed by atoms with E-state index in [1.165, 1.54) is 13.3 Å². The first-order valence-corrected chi connectivity index (χ1v) is 10.6. The molecular weight excluding hydrogens is 410 g/mol. The van der Waals surface area contributed by atoms with Crippen molar-refractivity contribution in [2.24, 2.45) is 5.10 Å². The summed E-state index contributed by atoms with van der Waals surface area (Å²) in [6, 6.07) is 13.7. The maximum Gasteiger partial charge on any atom is 0.346 e. The Bertz CT molecular complexity index is 1040. The highest BCUT2D eigenvalue weighted by Gasteiger charge is 2.51. The number of para-hydroxylation sites is 1. The quantitative estimate of drug-likeness (QED) is 0.424. The van der Waals surface area contributed by atoms with Crippen LogP contribution in [0.3, 0.4) is 0 Å². The maximum absolute atomic E-state index is 12.9. The Labute approximate surface area is 186 Å². The third kappa shape index (κ3) is 4.34. The normalized spacial score (nSPS) is 17.6. The van der Waals surface area contributed by atoms with Crippen LogP contribution < -0.4 is 10.1 Å². The van der Waals surface area contributed by atoms with Crippen molar-refractivity contribution < 1.29 is 23.9 Å². The van der Waals surface area contributed by atoms with E-state index >= 15 is 0 Å². The van der Waals surface area contributed by atoms with Crippen LogP contribution >= 0.6 is 0 Å². The lowest BCUT2D eigenvalue weighted by Crippen LogP contribution is -2.48. The molecular formula is C24H25N3O5. The highest BCUT2D eigenvalue weighted by molar-refractivity contribution is 6.07. The fraction of sp³-hybridized carbons (Fsp3) is 0.333. The number of esters is 1. The van der Waals surface area contributed by atoms with Crippen molar-refractivity contribution in [1.82, 2.24) is 10.3 Å². The molecule has 1 saturated heterocycles. The Balaban J connectivity index is 1.44. The number of nitrogens with zero attached hydrogens (tertiary/aromatic N) is 2. The predicted octanol–water partition coefficient (Wildman–Crippen LogP) is 3.64. The van der Waals surface area contributed by atoms with E-state index in [9.17, 15) is 14.4 Å². The molecule has 166 valence electrons. The van der Waals surface area contributed by atoms with E-state index in [-0.39, 0.29) is 12.5 Å². The molecule has 0 bridgehead atoms. The van der Waals surface area contributed by atoms with Gasteiger partial charge in [-0.3, -0.25) is 4.79 Å². The third-order valence-corrected chi connectivity index (χ3v) is 5.85. The van der Waals surface area contributed by atoms with E-state index in [1.54, 1.807) is 36.4 Å². The zero-order valence-corrected chi connectivity index (χ0v) is 17.9. The van der Waals surface area contributed by atoms with E-state index in [0.29, 0.717) is 29.7 Å². The molecule has 0 radical (unpaired) electrons. The number of rotatable bonds is 6. The number of hydrazone groups is 1. The van der Waals surface area contributed by atoms with E-state index in [2.05, 4.69) is 10.4 Å². The zero-order chi connectivity index (χ0) is 22.6. The van der Waals surface area contributed by atoms with E-state index in [1.807, 2.05) is 12.1 Å². The molecule has 0 unspecified atom stereocenters. The van der Waals surface area contributed by atoms with Crippen LogP contribution in [0.2, 0.25) is 0 Å². The van der Waals surface area contributed by atoms with Gasteiger partial charge < -0.3 is 14.8 Å². The number of ether oxygens (including phenoxy) is 2. The molecule has 1 spiro atoms. The number of carbonyl (C=O) groups is 3. The van der Waals surface area contributed by atoms with Crippen LogP contribution in [0.25, 0.3) is 0 Å². The number of carbonyl (C=O) groups excluding carboxylic acids is 3. The van der Waals surface area contributed by atoms with Crippen LogP contribution in [0.15, 0.2) is 53.6 Å². The number of hydrogen-bond acceptors (Lipinski definition) is 6. The van der Waals surface area contributed by atoms with Gasteiger partial charge in [0.1, 0.15) is 17.9 Å². The lowest BCUT2D eigenvalue weighted by Gasteiger charge is -2.29. The van der Waals surface area contributed by atoms with Crippen molar-refractivity contribution in [3.63, 3.8) is 0 Å². The van der Waals surface area contributed by atoms with Crippen LogP contribution in [0.5, 0.6) is 5.75 Å². The standard InChI is InChI=1S/C24H25N3O5/c1-31-21(28)18-11-9-17(10-12-18)16-32-20-8-4-3-7-19(20)15-25-27-22(29)24(26-23(27)30)13-5-2-6-14-24/h3-4,7-12,15H,2,5-6,13-14,16H2,1H3,(H,26,30)/b25-15-. The maximum atomic E-state index is 12.9. The smallest absolute Gasteiger partial charge is 0.346 e. The molecule has 32 heavy (non-hydrogen) atoms.